The summed E-state index contributed by atoms with van der Waals surface area (Å²) in [6.07, 6.45) is 16.5. The van der Waals surface area contributed by atoms with Crippen molar-refractivity contribution in [3.05, 3.63) is 46.5 Å². The van der Waals surface area contributed by atoms with E-state index < -0.39 is 0 Å². The molecule has 5 aliphatic rings. The normalized spacial score (nSPS) is 33.8. The molecule has 1 heterocycles. The number of hydrogen-bond donors (Lipinski definition) is 0. The van der Waals surface area contributed by atoms with Crippen LogP contribution in [0.2, 0.25) is 0 Å². The van der Waals surface area contributed by atoms with Crippen molar-refractivity contribution in [2.45, 2.75) is 124 Å². The third-order valence-electron chi connectivity index (χ3n) is 13.7. The van der Waals surface area contributed by atoms with E-state index in [2.05, 4.69) is 40.7 Å². The molecule has 6 heteroatoms. The second-order valence-electron chi connectivity index (χ2n) is 16.9. The van der Waals surface area contributed by atoms with Crippen LogP contribution in [0.4, 0.5) is 0 Å². The molecular weight excluding hydrogens is 586 g/mol. The van der Waals surface area contributed by atoms with E-state index in [1.54, 1.807) is 12.7 Å². The lowest BCUT2D eigenvalue weighted by atomic mass is 9.47. The number of benzene rings is 1. The van der Waals surface area contributed by atoms with Gasteiger partial charge in [-0.1, -0.05) is 71.6 Å². The lowest BCUT2D eigenvalue weighted by Gasteiger charge is -2.58. The number of carbonyl (C=O) groups excluding carboxylic acids is 2. The fraction of sp³-hybridized carbons (Fsp3) is 0.756. The Morgan fingerprint density at radius 3 is 2.55 bits per heavy atom. The van der Waals surface area contributed by atoms with Crippen LogP contribution in [0.15, 0.2) is 29.8 Å². The molecule has 0 amide bonds. The van der Waals surface area contributed by atoms with E-state index in [1.165, 1.54) is 51.4 Å². The Hall–Kier alpha value is -2.18. The van der Waals surface area contributed by atoms with Crippen LogP contribution in [0.5, 0.6) is 0 Å². The van der Waals surface area contributed by atoms with Gasteiger partial charge in [-0.15, -0.1) is 0 Å². The number of methoxy groups -OCH3 is 1. The molecule has 4 aliphatic carbocycles. The van der Waals surface area contributed by atoms with Gasteiger partial charge in [0, 0.05) is 26.6 Å². The topological polar surface area (TPSA) is 65.1 Å². The van der Waals surface area contributed by atoms with Gasteiger partial charge in [0.15, 0.2) is 0 Å². The zero-order chi connectivity index (χ0) is 33.3. The van der Waals surface area contributed by atoms with Crippen molar-refractivity contribution >= 4 is 11.9 Å². The van der Waals surface area contributed by atoms with E-state index in [9.17, 15) is 9.59 Å². The molecule has 3 saturated carbocycles. The van der Waals surface area contributed by atoms with E-state index in [0.29, 0.717) is 30.7 Å². The SMILES string of the molecule is COCCOC(=O)CN1Cc2ccc(C(=O)O[C@H]3CC[C@@]4(C)C(=CC[C@H]5[C@@H]6CC[C@H]([C@H](C)CCCC(C)C)[C@@]6(C)CC[C@@H]54)C3)cc2C1. The van der Waals surface area contributed by atoms with Crippen LogP contribution in [0, 0.1) is 46.3 Å². The first-order valence-electron chi connectivity index (χ1n) is 18.9. The molecule has 0 N–H and O–H groups in total. The predicted octanol–water partition coefficient (Wildman–Crippen LogP) is 8.76. The largest absolute Gasteiger partial charge is 0.462 e. The fourth-order valence-electron chi connectivity index (χ4n) is 11.1. The second kappa shape index (κ2) is 14.4. The van der Waals surface area contributed by atoms with Crippen molar-refractivity contribution in [3.8, 4) is 0 Å². The molecule has 0 spiro atoms. The molecule has 6 nitrogen and oxygen atoms in total. The van der Waals surface area contributed by atoms with Crippen LogP contribution in [-0.4, -0.2) is 49.8 Å². The highest BCUT2D eigenvalue weighted by molar-refractivity contribution is 5.90. The quantitative estimate of drug-likeness (QED) is 0.128. The molecule has 0 bridgehead atoms. The maximum Gasteiger partial charge on any atom is 0.338 e. The highest BCUT2D eigenvalue weighted by Crippen LogP contribution is 2.67. The van der Waals surface area contributed by atoms with E-state index >= 15 is 0 Å². The number of carbonyl (C=O) groups is 2. The van der Waals surface area contributed by atoms with E-state index in [0.717, 1.165) is 65.9 Å². The number of fused-ring (bicyclic) bond motifs is 6. The Morgan fingerprint density at radius 2 is 1.77 bits per heavy atom. The van der Waals surface area contributed by atoms with Crippen molar-refractivity contribution in [1.29, 1.82) is 0 Å². The molecule has 47 heavy (non-hydrogen) atoms. The Balaban J connectivity index is 1.04. The smallest absolute Gasteiger partial charge is 0.338 e. The van der Waals surface area contributed by atoms with Gasteiger partial charge in [0.25, 0.3) is 0 Å². The molecule has 1 aromatic rings. The number of hydrogen-bond acceptors (Lipinski definition) is 6. The van der Waals surface area contributed by atoms with Gasteiger partial charge in [-0.25, -0.2) is 4.79 Å². The summed E-state index contributed by atoms with van der Waals surface area (Å²) >= 11 is 0. The number of allylic oxidation sites excluding steroid dienone is 1. The van der Waals surface area contributed by atoms with Gasteiger partial charge in [-0.3, -0.25) is 9.69 Å². The van der Waals surface area contributed by atoms with E-state index in [-0.39, 0.29) is 36.6 Å². The van der Waals surface area contributed by atoms with Gasteiger partial charge in [0.2, 0.25) is 0 Å². The van der Waals surface area contributed by atoms with Gasteiger partial charge in [0.1, 0.15) is 12.7 Å². The second-order valence-corrected chi connectivity index (χ2v) is 16.9. The van der Waals surface area contributed by atoms with Crippen LogP contribution in [0.25, 0.3) is 0 Å². The van der Waals surface area contributed by atoms with Crippen LogP contribution in [0.1, 0.15) is 127 Å². The summed E-state index contributed by atoms with van der Waals surface area (Å²) < 4.78 is 16.4. The van der Waals surface area contributed by atoms with Crippen molar-refractivity contribution in [3.63, 3.8) is 0 Å². The van der Waals surface area contributed by atoms with Crippen LogP contribution in [-0.2, 0) is 32.1 Å². The first kappa shape index (κ1) is 34.7. The van der Waals surface area contributed by atoms with Crippen molar-refractivity contribution < 1.29 is 23.8 Å². The summed E-state index contributed by atoms with van der Waals surface area (Å²) in [4.78, 5) is 27.6. The number of ether oxygens (including phenoxy) is 3. The molecule has 1 aromatic carbocycles. The third kappa shape index (κ3) is 7.11. The third-order valence-corrected chi connectivity index (χ3v) is 13.7. The monoisotopic (exact) mass is 647 g/mol. The van der Waals surface area contributed by atoms with Gasteiger partial charge < -0.3 is 14.2 Å². The maximum absolute atomic E-state index is 13.4. The van der Waals surface area contributed by atoms with E-state index in [4.69, 9.17) is 14.2 Å². The molecule has 0 radical (unpaired) electrons. The lowest BCUT2D eigenvalue weighted by Crippen LogP contribution is -2.51. The zero-order valence-corrected chi connectivity index (χ0v) is 30.2. The average Bonchev–Trinajstić information content (AvgIpc) is 3.60. The molecule has 6 rings (SSSR count). The van der Waals surface area contributed by atoms with Crippen molar-refractivity contribution in [2.75, 3.05) is 26.9 Å². The molecule has 0 unspecified atom stereocenters. The molecule has 0 aromatic heterocycles. The highest BCUT2D eigenvalue weighted by atomic mass is 16.6. The van der Waals surface area contributed by atoms with Crippen molar-refractivity contribution in [2.24, 2.45) is 46.3 Å². The molecule has 260 valence electrons. The Kier molecular flexibility index (Phi) is 10.6. The molecule has 1 aliphatic heterocycles. The first-order chi connectivity index (χ1) is 22.5. The minimum absolute atomic E-state index is 0.0543. The summed E-state index contributed by atoms with van der Waals surface area (Å²) in [7, 11) is 1.59. The predicted molar refractivity (Wildman–Crippen MR) is 186 cm³/mol. The first-order valence-corrected chi connectivity index (χ1v) is 18.9. The van der Waals surface area contributed by atoms with Gasteiger partial charge in [0.05, 0.1) is 18.7 Å². The summed E-state index contributed by atoms with van der Waals surface area (Å²) in [6.45, 7) is 14.7. The molecule has 8 atom stereocenters. The van der Waals surface area contributed by atoms with Gasteiger partial charge >= 0.3 is 11.9 Å². The van der Waals surface area contributed by atoms with Crippen LogP contribution >= 0.6 is 0 Å². The maximum atomic E-state index is 13.4. The fourth-order valence-corrected chi connectivity index (χ4v) is 11.1. The molecular formula is C41H61NO5. The number of rotatable bonds is 12. The highest BCUT2D eigenvalue weighted by Gasteiger charge is 2.59. The van der Waals surface area contributed by atoms with Crippen molar-refractivity contribution in [1.82, 2.24) is 4.90 Å². The van der Waals surface area contributed by atoms with E-state index in [1.807, 2.05) is 23.1 Å². The van der Waals surface area contributed by atoms with Crippen LogP contribution < -0.4 is 0 Å². The van der Waals surface area contributed by atoms with Gasteiger partial charge in [-0.2, -0.15) is 0 Å². The lowest BCUT2D eigenvalue weighted by molar-refractivity contribution is -0.146. The Labute approximate surface area is 284 Å². The molecule has 3 fully saturated rings. The standard InChI is InChI=1S/C41H61NO5/c1-27(2)8-7-9-28(3)35-14-15-36-34-13-12-32-23-33(16-18-40(32,4)37(34)17-19-41(35,36)5)47-39(44)29-10-11-30-24-42(25-31(30)22-29)26-38(43)46-21-20-45-6/h10-12,22,27-28,33-37H,7-9,13-21,23-26H2,1-6H3/t28-,33+,34+,35-,36+,37+,40+,41-/m1/s1. The van der Waals surface area contributed by atoms with Crippen LogP contribution in [0.3, 0.4) is 0 Å². The molecule has 0 saturated heterocycles. The summed E-state index contributed by atoms with van der Waals surface area (Å²) in [5.74, 6) is 4.52. The zero-order valence-electron chi connectivity index (χ0n) is 30.2. The summed E-state index contributed by atoms with van der Waals surface area (Å²) in [5.41, 5.74) is 5.16. The Morgan fingerprint density at radius 1 is 0.957 bits per heavy atom. The number of esters is 2. The summed E-state index contributed by atoms with van der Waals surface area (Å²) in [6, 6.07) is 5.86. The van der Waals surface area contributed by atoms with Gasteiger partial charge in [-0.05, 0) is 115 Å². The number of nitrogens with zero attached hydrogens (tertiary/aromatic N) is 1. The minimum atomic E-state index is -0.251. The minimum Gasteiger partial charge on any atom is -0.462 e. The Bertz CT molecular complexity index is 1320. The average molecular weight is 648 g/mol. The summed E-state index contributed by atoms with van der Waals surface area (Å²) in [5, 5.41) is 0.